The van der Waals surface area contributed by atoms with Crippen molar-refractivity contribution in [2.24, 2.45) is 0 Å². The quantitative estimate of drug-likeness (QED) is 0.586. The molecule has 0 bridgehead atoms. The average Bonchev–Trinajstić information content (AvgIpc) is 2.65. The topological polar surface area (TPSA) is 27.1 Å². The van der Waals surface area contributed by atoms with Gasteiger partial charge < -0.3 is 9.30 Å². The van der Waals surface area contributed by atoms with Gasteiger partial charge in [-0.05, 0) is 28.7 Å². The largest absolute Gasteiger partial charge is 0.383 e. The molecule has 0 saturated heterocycles. The molecule has 1 aromatic carbocycles. The molecule has 2 rings (SSSR count). The van der Waals surface area contributed by atoms with Crippen LogP contribution in [0.15, 0.2) is 12.1 Å². The zero-order valence-corrected chi connectivity index (χ0v) is 12.8. The Balaban J connectivity index is 2.53. The highest BCUT2D eigenvalue weighted by molar-refractivity contribution is 14.1. The van der Waals surface area contributed by atoms with Crippen molar-refractivity contribution in [3.05, 3.63) is 27.3 Å². The highest BCUT2D eigenvalue weighted by Crippen LogP contribution is 2.22. The molecule has 0 aliphatic heterocycles. The van der Waals surface area contributed by atoms with E-state index >= 15 is 0 Å². The maximum absolute atomic E-state index is 13.6. The van der Waals surface area contributed by atoms with E-state index in [1.165, 1.54) is 6.07 Å². The molecule has 0 radical (unpaired) electrons. The van der Waals surface area contributed by atoms with Gasteiger partial charge in [0.25, 0.3) is 0 Å². The normalized spacial score (nSPS) is 11.3. The number of alkyl halides is 1. The van der Waals surface area contributed by atoms with Crippen LogP contribution in [0.5, 0.6) is 0 Å². The van der Waals surface area contributed by atoms with Gasteiger partial charge in [0.05, 0.1) is 21.2 Å². The molecule has 0 saturated carbocycles. The van der Waals surface area contributed by atoms with Crippen molar-refractivity contribution in [3.63, 3.8) is 0 Å². The summed E-state index contributed by atoms with van der Waals surface area (Å²) in [4.78, 5) is 4.51. The van der Waals surface area contributed by atoms with Crippen LogP contribution in [0.4, 0.5) is 4.39 Å². The van der Waals surface area contributed by atoms with Crippen LogP contribution in [0.2, 0.25) is 0 Å². The van der Waals surface area contributed by atoms with E-state index in [9.17, 15) is 4.39 Å². The number of aryl methyl sites for hydroxylation is 1. The molecule has 0 aliphatic carbocycles. The Kier molecular flexibility index (Phi) is 4.80. The van der Waals surface area contributed by atoms with E-state index < -0.39 is 0 Å². The fourth-order valence-corrected chi connectivity index (χ4v) is 2.50. The van der Waals surface area contributed by atoms with Gasteiger partial charge in [-0.3, -0.25) is 0 Å². The van der Waals surface area contributed by atoms with Gasteiger partial charge in [-0.1, -0.05) is 0 Å². The molecule has 18 heavy (non-hydrogen) atoms. The van der Waals surface area contributed by atoms with Gasteiger partial charge in [0.1, 0.15) is 11.6 Å². The van der Waals surface area contributed by atoms with E-state index in [1.807, 2.05) is 27.2 Å². The summed E-state index contributed by atoms with van der Waals surface area (Å²) < 4.78 is 21.3. The van der Waals surface area contributed by atoms with E-state index in [-0.39, 0.29) is 5.82 Å². The van der Waals surface area contributed by atoms with Crippen LogP contribution in [0, 0.1) is 9.39 Å². The van der Waals surface area contributed by atoms with Crippen molar-refractivity contribution in [2.75, 3.05) is 19.6 Å². The van der Waals surface area contributed by atoms with E-state index in [0.717, 1.165) is 16.9 Å². The first-order valence-electron chi connectivity index (χ1n) is 5.56. The van der Waals surface area contributed by atoms with Crippen LogP contribution in [0.1, 0.15) is 5.82 Å². The summed E-state index contributed by atoms with van der Waals surface area (Å²) in [6, 6.07) is 3.28. The standard InChI is InChI=1S/C12H13ClFIN2O/c1-18-5-4-17-11-6-8(14)9(15)7-10(11)16-12(17)2-3-13/h6-7H,2-5H2,1H3. The number of nitrogens with zero attached hydrogens (tertiary/aromatic N) is 2. The second-order valence-corrected chi connectivity index (χ2v) is 5.41. The minimum absolute atomic E-state index is 0.223. The number of rotatable bonds is 5. The van der Waals surface area contributed by atoms with E-state index in [4.69, 9.17) is 16.3 Å². The van der Waals surface area contributed by atoms with Crippen molar-refractivity contribution < 1.29 is 9.13 Å². The third kappa shape index (κ3) is 2.78. The molecule has 0 spiro atoms. The molecule has 6 heteroatoms. The predicted octanol–water partition coefficient (Wildman–Crippen LogP) is 3.21. The predicted molar refractivity (Wildman–Crippen MR) is 78.7 cm³/mol. The number of hydrogen-bond acceptors (Lipinski definition) is 2. The summed E-state index contributed by atoms with van der Waals surface area (Å²) in [6.45, 7) is 1.22. The molecule has 3 nitrogen and oxygen atoms in total. The van der Waals surface area contributed by atoms with Gasteiger partial charge in [-0.15, -0.1) is 11.6 Å². The number of fused-ring (bicyclic) bond motifs is 1. The van der Waals surface area contributed by atoms with Crippen molar-refractivity contribution in [2.45, 2.75) is 13.0 Å². The van der Waals surface area contributed by atoms with Crippen molar-refractivity contribution in [1.82, 2.24) is 9.55 Å². The number of benzene rings is 1. The molecule has 1 aromatic heterocycles. The summed E-state index contributed by atoms with van der Waals surface area (Å²) in [7, 11) is 1.64. The van der Waals surface area contributed by atoms with Gasteiger partial charge in [0, 0.05) is 32.0 Å². The number of methoxy groups -OCH3 is 1. The molecule has 0 N–H and O–H groups in total. The first kappa shape index (κ1) is 14.0. The number of imidazole rings is 1. The van der Waals surface area contributed by atoms with E-state index in [1.54, 1.807) is 13.2 Å². The monoisotopic (exact) mass is 382 g/mol. The minimum Gasteiger partial charge on any atom is -0.383 e. The zero-order valence-electron chi connectivity index (χ0n) is 9.92. The Morgan fingerprint density at radius 1 is 1.50 bits per heavy atom. The first-order chi connectivity index (χ1) is 8.67. The lowest BCUT2D eigenvalue weighted by molar-refractivity contribution is 0.187. The van der Waals surface area contributed by atoms with Gasteiger partial charge in [-0.25, -0.2) is 9.37 Å². The maximum atomic E-state index is 13.6. The first-order valence-corrected chi connectivity index (χ1v) is 7.17. The van der Waals surface area contributed by atoms with Gasteiger partial charge >= 0.3 is 0 Å². The summed E-state index contributed by atoms with van der Waals surface area (Å²) in [5.74, 6) is 1.15. The summed E-state index contributed by atoms with van der Waals surface area (Å²) >= 11 is 7.74. The minimum atomic E-state index is -0.223. The van der Waals surface area contributed by atoms with Gasteiger partial charge in [0.2, 0.25) is 0 Å². The molecule has 0 atom stereocenters. The highest BCUT2D eigenvalue weighted by Gasteiger charge is 2.12. The molecule has 0 unspecified atom stereocenters. The van der Waals surface area contributed by atoms with Crippen LogP contribution < -0.4 is 0 Å². The summed E-state index contributed by atoms with van der Waals surface area (Å²) in [5, 5.41) is 0. The number of hydrogen-bond donors (Lipinski definition) is 0. The molecule has 0 fully saturated rings. The van der Waals surface area contributed by atoms with Gasteiger partial charge in [0.15, 0.2) is 0 Å². The molecule has 98 valence electrons. The maximum Gasteiger partial charge on any atom is 0.138 e. The Hall–Kier alpha value is -0.400. The van der Waals surface area contributed by atoms with Crippen LogP contribution >= 0.6 is 34.2 Å². The fraction of sp³-hybridized carbons (Fsp3) is 0.417. The summed E-state index contributed by atoms with van der Waals surface area (Å²) in [6.07, 6.45) is 0.665. The van der Waals surface area contributed by atoms with Crippen LogP contribution in [-0.4, -0.2) is 29.1 Å². The second-order valence-electron chi connectivity index (χ2n) is 3.87. The molecule has 1 heterocycles. The highest BCUT2D eigenvalue weighted by atomic mass is 127. The summed E-state index contributed by atoms with van der Waals surface area (Å²) in [5.41, 5.74) is 1.60. The molecule has 0 amide bonds. The number of aromatic nitrogens is 2. The number of ether oxygens (including phenoxy) is 1. The van der Waals surface area contributed by atoms with Crippen LogP contribution in [0.25, 0.3) is 11.0 Å². The van der Waals surface area contributed by atoms with Crippen LogP contribution in [0.3, 0.4) is 0 Å². The van der Waals surface area contributed by atoms with Crippen molar-refractivity contribution in [3.8, 4) is 0 Å². The average molecular weight is 383 g/mol. The molecular formula is C12H13ClFIN2O. The fourth-order valence-electron chi connectivity index (χ4n) is 1.88. The lowest BCUT2D eigenvalue weighted by atomic mass is 10.3. The Morgan fingerprint density at radius 2 is 2.28 bits per heavy atom. The van der Waals surface area contributed by atoms with Gasteiger partial charge in [-0.2, -0.15) is 0 Å². The Bertz CT molecular complexity index is 558. The zero-order chi connectivity index (χ0) is 13.1. The second kappa shape index (κ2) is 6.16. The molecule has 0 aliphatic rings. The third-order valence-corrected chi connectivity index (χ3v) is 3.72. The lowest BCUT2D eigenvalue weighted by Gasteiger charge is -2.07. The van der Waals surface area contributed by atoms with Crippen molar-refractivity contribution in [1.29, 1.82) is 0 Å². The Morgan fingerprint density at radius 3 is 2.94 bits per heavy atom. The number of halogens is 3. The molecular weight excluding hydrogens is 370 g/mol. The SMILES string of the molecule is COCCn1c(CCCl)nc2cc(I)c(F)cc21. The third-order valence-electron chi connectivity index (χ3n) is 2.71. The smallest absolute Gasteiger partial charge is 0.138 e. The van der Waals surface area contributed by atoms with Crippen LogP contribution in [-0.2, 0) is 17.7 Å². The Labute approximate surface area is 123 Å². The van der Waals surface area contributed by atoms with E-state index in [0.29, 0.717) is 29.0 Å². The van der Waals surface area contributed by atoms with Crippen molar-refractivity contribution >= 4 is 45.2 Å². The lowest BCUT2D eigenvalue weighted by Crippen LogP contribution is -2.09. The molecule has 2 aromatic rings. The van der Waals surface area contributed by atoms with E-state index in [2.05, 4.69) is 4.98 Å².